The summed E-state index contributed by atoms with van der Waals surface area (Å²) in [5.41, 5.74) is 14.3. The van der Waals surface area contributed by atoms with Gasteiger partial charge in [-0.25, -0.2) is 0 Å². The molecule has 2 aliphatic rings. The van der Waals surface area contributed by atoms with E-state index < -0.39 is 0 Å². The van der Waals surface area contributed by atoms with E-state index in [0.717, 1.165) is 52.9 Å². The summed E-state index contributed by atoms with van der Waals surface area (Å²) < 4.78 is 41.2. The molecule has 7 rings (SSSR count). The molecule has 0 bridgehead atoms. The summed E-state index contributed by atoms with van der Waals surface area (Å²) in [4.78, 5) is 49.2. The molecular weight excluding hydrogens is 893 g/mol. The van der Waals surface area contributed by atoms with Crippen LogP contribution in [0.3, 0.4) is 0 Å². The molecule has 0 spiro atoms. The second kappa shape index (κ2) is 24.9. The Hall–Kier alpha value is -7.14. The summed E-state index contributed by atoms with van der Waals surface area (Å²) >= 11 is 0. The molecule has 0 saturated carbocycles. The number of aldehydes is 1. The Morgan fingerprint density at radius 1 is 0.786 bits per heavy atom. The molecule has 0 fully saturated rings. The standard InChI is InChI=1S/C54H64N6O10/c1-56-46-32-52(50(66-5)30-44(46)54(63)60-18-16-39-11-6-9-14-48(39)60)70-36-38-25-37(26-42(27-38)59(17-10-15-53(55)62)19-20-67-23-24-68-22-21-64-3)35-69-51-31-45(41(34-61)29-49(51)65-4)57-33-43-28-40-12-7-8-13-47(40)58(43)2/h6-9,11-14,25-27,29-34,43,56H,10,15-24,28,35-36H2,1-5H3,(H2,55,62). The fourth-order valence-corrected chi connectivity index (χ4v) is 8.71. The number of amides is 2. The van der Waals surface area contributed by atoms with Crippen molar-refractivity contribution in [2.75, 3.05) is 108 Å². The van der Waals surface area contributed by atoms with Gasteiger partial charge < -0.3 is 58.9 Å². The lowest BCUT2D eigenvalue weighted by molar-refractivity contribution is -0.118. The fourth-order valence-electron chi connectivity index (χ4n) is 8.71. The normalized spacial score (nSPS) is 13.8. The largest absolute Gasteiger partial charge is 0.493 e. The maximum atomic E-state index is 14.1. The number of carbonyl (C=O) groups is 3. The van der Waals surface area contributed by atoms with Crippen LogP contribution in [0.2, 0.25) is 0 Å². The fraction of sp³-hybridized carbons (Fsp3) is 0.370. The summed E-state index contributed by atoms with van der Waals surface area (Å²) in [7, 11) is 8.51. The summed E-state index contributed by atoms with van der Waals surface area (Å²) in [6.45, 7) is 4.02. The molecule has 0 radical (unpaired) electrons. The number of fused-ring (bicyclic) bond motifs is 2. The van der Waals surface area contributed by atoms with Crippen molar-refractivity contribution >= 4 is 52.8 Å². The van der Waals surface area contributed by atoms with Crippen molar-refractivity contribution in [2.24, 2.45) is 10.7 Å². The van der Waals surface area contributed by atoms with E-state index in [-0.39, 0.29) is 37.5 Å². The molecule has 3 N–H and O–H groups in total. The van der Waals surface area contributed by atoms with Gasteiger partial charge >= 0.3 is 0 Å². The number of likely N-dealkylation sites (N-methyl/N-ethyl adjacent to an activating group) is 1. The Morgan fingerprint density at radius 3 is 2.11 bits per heavy atom. The molecule has 5 aromatic carbocycles. The van der Waals surface area contributed by atoms with Crippen molar-refractivity contribution in [1.29, 1.82) is 0 Å². The Bertz CT molecular complexity index is 2620. The lowest BCUT2D eigenvalue weighted by Crippen LogP contribution is -2.30. The molecule has 5 aromatic rings. The molecule has 16 heteroatoms. The van der Waals surface area contributed by atoms with Gasteiger partial charge in [0.15, 0.2) is 29.3 Å². The second-order valence-electron chi connectivity index (χ2n) is 17.0. The number of ether oxygens (including phenoxy) is 7. The first-order valence-corrected chi connectivity index (χ1v) is 23.5. The van der Waals surface area contributed by atoms with E-state index in [1.54, 1.807) is 50.4 Å². The molecule has 0 aliphatic carbocycles. The number of primary amides is 1. The number of rotatable bonds is 27. The molecule has 70 heavy (non-hydrogen) atoms. The number of methoxy groups -OCH3 is 3. The first-order valence-electron chi connectivity index (χ1n) is 23.5. The van der Waals surface area contributed by atoms with Crippen molar-refractivity contribution in [3.63, 3.8) is 0 Å². The van der Waals surface area contributed by atoms with Crippen LogP contribution in [0.25, 0.3) is 0 Å². The third-order valence-corrected chi connectivity index (χ3v) is 12.4. The number of hydrogen-bond donors (Lipinski definition) is 2. The molecule has 2 amide bonds. The third-order valence-electron chi connectivity index (χ3n) is 12.4. The number of nitrogens with zero attached hydrogens (tertiary/aromatic N) is 4. The first kappa shape index (κ1) is 50.7. The Kier molecular flexibility index (Phi) is 18.1. The summed E-state index contributed by atoms with van der Waals surface area (Å²) in [5, 5.41) is 3.19. The Morgan fingerprint density at radius 2 is 1.44 bits per heavy atom. The average molecular weight is 957 g/mol. The smallest absolute Gasteiger partial charge is 0.260 e. The van der Waals surface area contributed by atoms with Gasteiger partial charge in [0.05, 0.1) is 70.2 Å². The van der Waals surface area contributed by atoms with Crippen molar-refractivity contribution in [2.45, 2.75) is 44.9 Å². The summed E-state index contributed by atoms with van der Waals surface area (Å²) in [6, 6.07) is 29.1. The SMILES string of the molecule is CNc1cc(OCc2cc(COc3cc(N=CC4Cc5ccccc5N4C)c(C=O)cc3OC)cc(N(CCCC(N)=O)CCOCCOCCOC)c2)c(OC)cc1C(=O)N1CCc2ccccc21. The van der Waals surface area contributed by atoms with Crippen LogP contribution in [0.5, 0.6) is 23.0 Å². The highest BCUT2D eigenvalue weighted by atomic mass is 16.5. The van der Waals surface area contributed by atoms with Gasteiger partial charge in [-0.2, -0.15) is 0 Å². The van der Waals surface area contributed by atoms with E-state index >= 15 is 0 Å². The van der Waals surface area contributed by atoms with Gasteiger partial charge in [0.1, 0.15) is 13.2 Å². The number of anilines is 4. The molecule has 370 valence electrons. The van der Waals surface area contributed by atoms with Gasteiger partial charge in [-0.1, -0.05) is 36.4 Å². The molecule has 0 aromatic heterocycles. The van der Waals surface area contributed by atoms with Crippen LogP contribution in [-0.2, 0) is 45.1 Å². The molecule has 1 unspecified atom stereocenters. The predicted octanol–water partition coefficient (Wildman–Crippen LogP) is 7.43. The highest BCUT2D eigenvalue weighted by molar-refractivity contribution is 6.11. The van der Waals surface area contributed by atoms with E-state index in [2.05, 4.69) is 27.2 Å². The Labute approximate surface area is 410 Å². The maximum absolute atomic E-state index is 14.1. The topological polar surface area (TPSA) is 176 Å². The average Bonchev–Trinajstić information content (AvgIpc) is 3.96. The van der Waals surface area contributed by atoms with Gasteiger partial charge in [0.25, 0.3) is 5.91 Å². The Balaban J connectivity index is 1.16. The van der Waals surface area contributed by atoms with Crippen molar-refractivity contribution < 1.29 is 47.5 Å². The zero-order chi connectivity index (χ0) is 49.4. The minimum Gasteiger partial charge on any atom is -0.493 e. The van der Waals surface area contributed by atoms with Crippen LogP contribution in [0, 0.1) is 0 Å². The zero-order valence-corrected chi connectivity index (χ0v) is 40.7. The molecular formula is C54H64N6O10. The quantitative estimate of drug-likeness (QED) is 0.0302. The molecule has 2 aliphatic heterocycles. The predicted molar refractivity (Wildman–Crippen MR) is 272 cm³/mol. The van der Waals surface area contributed by atoms with Gasteiger partial charge in [-0.15, -0.1) is 0 Å². The second-order valence-corrected chi connectivity index (χ2v) is 17.0. The molecule has 0 saturated heterocycles. The minimum atomic E-state index is -0.382. The van der Waals surface area contributed by atoms with E-state index in [0.29, 0.717) is 105 Å². The van der Waals surface area contributed by atoms with Crippen LogP contribution in [0.1, 0.15) is 55.8 Å². The summed E-state index contributed by atoms with van der Waals surface area (Å²) in [6.07, 6.45) is 4.94. The minimum absolute atomic E-state index is 0.00984. The van der Waals surface area contributed by atoms with E-state index in [9.17, 15) is 14.4 Å². The van der Waals surface area contributed by atoms with Crippen molar-refractivity contribution in [3.8, 4) is 23.0 Å². The number of hydrogen-bond acceptors (Lipinski definition) is 14. The molecule has 16 nitrogen and oxygen atoms in total. The van der Waals surface area contributed by atoms with E-state index in [4.69, 9.17) is 43.9 Å². The van der Waals surface area contributed by atoms with Crippen LogP contribution in [0.15, 0.2) is 96.0 Å². The molecule has 1 atom stereocenters. The van der Waals surface area contributed by atoms with Gasteiger partial charge in [0.2, 0.25) is 5.91 Å². The highest BCUT2D eigenvalue weighted by Gasteiger charge is 2.29. The van der Waals surface area contributed by atoms with Crippen LogP contribution >= 0.6 is 0 Å². The van der Waals surface area contributed by atoms with Crippen molar-refractivity contribution in [1.82, 2.24) is 0 Å². The maximum Gasteiger partial charge on any atom is 0.260 e. The number of carbonyl (C=O) groups excluding carboxylic acids is 3. The first-order chi connectivity index (χ1) is 34.1. The summed E-state index contributed by atoms with van der Waals surface area (Å²) in [5.74, 6) is 1.10. The van der Waals surface area contributed by atoms with Crippen LogP contribution in [0.4, 0.5) is 28.4 Å². The van der Waals surface area contributed by atoms with Crippen LogP contribution < -0.4 is 44.7 Å². The van der Waals surface area contributed by atoms with Gasteiger partial charge in [-0.05, 0) is 84.0 Å². The monoisotopic (exact) mass is 956 g/mol. The zero-order valence-electron chi connectivity index (χ0n) is 40.7. The van der Waals surface area contributed by atoms with Crippen LogP contribution in [-0.4, -0.2) is 118 Å². The highest BCUT2D eigenvalue weighted by Crippen LogP contribution is 2.39. The third kappa shape index (κ3) is 12.7. The lowest BCUT2D eigenvalue weighted by atomic mass is 10.1. The number of nitrogens with two attached hydrogens (primary N) is 1. The van der Waals surface area contributed by atoms with Gasteiger partial charge in [0, 0.05) is 88.2 Å². The number of para-hydroxylation sites is 2. The lowest BCUT2D eigenvalue weighted by Gasteiger charge is -2.26. The number of benzene rings is 5. The molecule has 2 heterocycles. The van der Waals surface area contributed by atoms with Gasteiger partial charge in [-0.3, -0.25) is 19.4 Å². The van der Waals surface area contributed by atoms with Crippen molar-refractivity contribution in [3.05, 3.63) is 124 Å². The number of nitrogens with one attached hydrogen (secondary N) is 1. The van der Waals surface area contributed by atoms with E-state index in [1.807, 2.05) is 67.9 Å². The van der Waals surface area contributed by atoms with E-state index in [1.165, 1.54) is 12.7 Å². The number of aliphatic imine (C=N–C) groups is 1.